The lowest BCUT2D eigenvalue weighted by molar-refractivity contribution is 0.119. The summed E-state index contributed by atoms with van der Waals surface area (Å²) in [4.78, 5) is 0. The number of hydrogen-bond acceptors (Lipinski definition) is 2. The highest BCUT2D eigenvalue weighted by atomic mass is 16.3. The number of benzene rings is 1. The number of nitrogens with zero attached hydrogens (tertiary/aromatic N) is 1. The van der Waals surface area contributed by atoms with Crippen LogP contribution in [-0.2, 0) is 0 Å². The van der Waals surface area contributed by atoms with Gasteiger partial charge in [0.25, 0.3) is 0 Å². The predicted octanol–water partition coefficient (Wildman–Crippen LogP) is 2.58. The van der Waals surface area contributed by atoms with E-state index in [-0.39, 0.29) is 5.92 Å². The van der Waals surface area contributed by atoms with Crippen LogP contribution in [0, 0.1) is 24.2 Å². The summed E-state index contributed by atoms with van der Waals surface area (Å²) in [6.45, 7) is 3.86. The summed E-state index contributed by atoms with van der Waals surface area (Å²) < 4.78 is 0. The van der Waals surface area contributed by atoms with Crippen molar-refractivity contribution in [2.75, 3.05) is 0 Å². The van der Waals surface area contributed by atoms with Gasteiger partial charge in [-0.2, -0.15) is 5.26 Å². The topological polar surface area (TPSA) is 44.0 Å². The first kappa shape index (κ1) is 10.7. The van der Waals surface area contributed by atoms with E-state index in [0.29, 0.717) is 6.42 Å². The molecule has 1 aromatic carbocycles. The summed E-state index contributed by atoms with van der Waals surface area (Å²) in [5, 5.41) is 18.5. The molecular weight excluding hydrogens is 174 g/mol. The lowest BCUT2D eigenvalue weighted by atomic mass is 9.92. The molecule has 14 heavy (non-hydrogen) atoms. The molecule has 0 fully saturated rings. The van der Waals surface area contributed by atoms with Crippen LogP contribution in [-0.4, -0.2) is 5.11 Å². The van der Waals surface area contributed by atoms with Crippen molar-refractivity contribution >= 4 is 0 Å². The molecule has 1 N–H and O–H groups in total. The van der Waals surface area contributed by atoms with Crippen molar-refractivity contribution in [3.05, 3.63) is 35.4 Å². The lowest BCUT2D eigenvalue weighted by Crippen LogP contribution is -2.09. The Bertz CT molecular complexity index is 340. The summed E-state index contributed by atoms with van der Waals surface area (Å²) in [6, 6.07) is 9.81. The Labute approximate surface area is 84.8 Å². The first-order valence-corrected chi connectivity index (χ1v) is 4.77. The van der Waals surface area contributed by atoms with E-state index < -0.39 is 6.10 Å². The minimum Gasteiger partial charge on any atom is -0.388 e. The third kappa shape index (κ3) is 2.34. The van der Waals surface area contributed by atoms with E-state index in [9.17, 15) is 5.11 Å². The van der Waals surface area contributed by atoms with Crippen molar-refractivity contribution in [1.29, 1.82) is 5.26 Å². The van der Waals surface area contributed by atoms with Gasteiger partial charge in [0, 0.05) is 6.42 Å². The largest absolute Gasteiger partial charge is 0.388 e. The third-order valence-electron chi connectivity index (χ3n) is 2.46. The smallest absolute Gasteiger partial charge is 0.0827 e. The minimum atomic E-state index is -0.532. The van der Waals surface area contributed by atoms with E-state index in [0.717, 1.165) is 11.1 Å². The zero-order chi connectivity index (χ0) is 10.6. The van der Waals surface area contributed by atoms with Crippen LogP contribution < -0.4 is 0 Å². The van der Waals surface area contributed by atoms with Crippen LogP contribution in [0.25, 0.3) is 0 Å². The molecule has 2 nitrogen and oxygen atoms in total. The SMILES string of the molecule is Cc1ccccc1C(O)C(C)CC#N. The summed E-state index contributed by atoms with van der Waals surface area (Å²) in [5.41, 5.74) is 2.00. The minimum absolute atomic E-state index is 0.0129. The van der Waals surface area contributed by atoms with Crippen molar-refractivity contribution < 1.29 is 5.11 Å². The summed E-state index contributed by atoms with van der Waals surface area (Å²) in [5.74, 6) is -0.0129. The Hall–Kier alpha value is -1.33. The number of nitriles is 1. The van der Waals surface area contributed by atoms with Gasteiger partial charge in [-0.3, -0.25) is 0 Å². The van der Waals surface area contributed by atoms with Crippen molar-refractivity contribution in [2.24, 2.45) is 5.92 Å². The van der Waals surface area contributed by atoms with Gasteiger partial charge in [-0.05, 0) is 24.0 Å². The molecule has 0 radical (unpaired) electrons. The van der Waals surface area contributed by atoms with Crippen LogP contribution in [0.15, 0.2) is 24.3 Å². The van der Waals surface area contributed by atoms with Crippen LogP contribution in [0.2, 0.25) is 0 Å². The van der Waals surface area contributed by atoms with Gasteiger partial charge in [0.05, 0.1) is 12.2 Å². The van der Waals surface area contributed by atoms with Gasteiger partial charge >= 0.3 is 0 Å². The van der Waals surface area contributed by atoms with Gasteiger partial charge in [0.15, 0.2) is 0 Å². The lowest BCUT2D eigenvalue weighted by Gasteiger charge is -2.18. The Balaban J connectivity index is 2.84. The normalized spacial score (nSPS) is 14.4. The molecule has 2 heteroatoms. The van der Waals surface area contributed by atoms with E-state index in [4.69, 9.17) is 5.26 Å². The molecule has 0 saturated carbocycles. The van der Waals surface area contributed by atoms with Crippen LogP contribution in [0.3, 0.4) is 0 Å². The van der Waals surface area contributed by atoms with Gasteiger partial charge in [0.1, 0.15) is 0 Å². The van der Waals surface area contributed by atoms with Gasteiger partial charge in [-0.15, -0.1) is 0 Å². The summed E-state index contributed by atoms with van der Waals surface area (Å²) in [6.07, 6.45) is -0.147. The average Bonchev–Trinajstić information content (AvgIpc) is 2.18. The Morgan fingerprint density at radius 1 is 1.43 bits per heavy atom. The molecule has 2 unspecified atom stereocenters. The Kier molecular flexibility index (Phi) is 3.67. The Morgan fingerprint density at radius 2 is 2.07 bits per heavy atom. The maximum Gasteiger partial charge on any atom is 0.0827 e. The molecule has 0 heterocycles. The highest BCUT2D eigenvalue weighted by Gasteiger charge is 2.17. The number of hydrogen-bond donors (Lipinski definition) is 1. The van der Waals surface area contributed by atoms with E-state index in [1.54, 1.807) is 0 Å². The average molecular weight is 189 g/mol. The van der Waals surface area contributed by atoms with Gasteiger partial charge in [-0.1, -0.05) is 31.2 Å². The number of aliphatic hydroxyl groups is 1. The van der Waals surface area contributed by atoms with Crippen LogP contribution in [0.5, 0.6) is 0 Å². The first-order valence-electron chi connectivity index (χ1n) is 4.77. The van der Waals surface area contributed by atoms with Crippen molar-refractivity contribution in [3.63, 3.8) is 0 Å². The van der Waals surface area contributed by atoms with Crippen molar-refractivity contribution in [1.82, 2.24) is 0 Å². The van der Waals surface area contributed by atoms with E-state index >= 15 is 0 Å². The maximum absolute atomic E-state index is 9.95. The summed E-state index contributed by atoms with van der Waals surface area (Å²) in [7, 11) is 0. The fourth-order valence-corrected chi connectivity index (χ4v) is 1.48. The molecule has 0 spiro atoms. The molecule has 0 bridgehead atoms. The molecule has 1 rings (SSSR count). The third-order valence-corrected chi connectivity index (χ3v) is 2.46. The second kappa shape index (κ2) is 4.78. The van der Waals surface area contributed by atoms with Crippen LogP contribution in [0.1, 0.15) is 30.6 Å². The van der Waals surface area contributed by atoms with E-state index in [2.05, 4.69) is 6.07 Å². The number of rotatable bonds is 3. The maximum atomic E-state index is 9.95. The quantitative estimate of drug-likeness (QED) is 0.794. The van der Waals surface area contributed by atoms with Crippen LogP contribution >= 0.6 is 0 Å². The van der Waals surface area contributed by atoms with Crippen LogP contribution in [0.4, 0.5) is 0 Å². The van der Waals surface area contributed by atoms with E-state index in [1.807, 2.05) is 38.1 Å². The zero-order valence-corrected chi connectivity index (χ0v) is 8.57. The van der Waals surface area contributed by atoms with Gasteiger partial charge < -0.3 is 5.11 Å². The fourth-order valence-electron chi connectivity index (χ4n) is 1.48. The standard InChI is InChI=1S/C12H15NO/c1-9-5-3-4-6-11(9)12(14)10(2)7-8-13/h3-6,10,12,14H,7H2,1-2H3. The molecular formula is C12H15NO. The first-order chi connectivity index (χ1) is 6.66. The Morgan fingerprint density at radius 3 is 2.64 bits per heavy atom. The molecule has 74 valence electrons. The molecule has 0 saturated heterocycles. The molecule has 0 aliphatic heterocycles. The van der Waals surface area contributed by atoms with Gasteiger partial charge in [-0.25, -0.2) is 0 Å². The van der Waals surface area contributed by atoms with Gasteiger partial charge in [0.2, 0.25) is 0 Å². The predicted molar refractivity (Wildman–Crippen MR) is 55.5 cm³/mol. The van der Waals surface area contributed by atoms with Crippen molar-refractivity contribution in [3.8, 4) is 6.07 Å². The molecule has 1 aromatic rings. The molecule has 0 amide bonds. The highest BCUT2D eigenvalue weighted by molar-refractivity contribution is 5.28. The number of aliphatic hydroxyl groups excluding tert-OH is 1. The molecule has 0 aliphatic rings. The van der Waals surface area contributed by atoms with E-state index in [1.165, 1.54) is 0 Å². The second-order valence-electron chi connectivity index (χ2n) is 3.64. The molecule has 0 aliphatic carbocycles. The highest BCUT2D eigenvalue weighted by Crippen LogP contribution is 2.26. The van der Waals surface area contributed by atoms with Crippen molar-refractivity contribution in [2.45, 2.75) is 26.4 Å². The second-order valence-corrected chi connectivity index (χ2v) is 3.64. The monoisotopic (exact) mass is 189 g/mol. The number of aryl methyl sites for hydroxylation is 1. The summed E-state index contributed by atoms with van der Waals surface area (Å²) >= 11 is 0. The molecule has 0 aromatic heterocycles. The fraction of sp³-hybridized carbons (Fsp3) is 0.417. The zero-order valence-electron chi connectivity index (χ0n) is 8.57. The molecule has 2 atom stereocenters.